The molecule has 1 amide bonds. The molecule has 3 aromatic rings. The van der Waals surface area contributed by atoms with E-state index in [4.69, 9.17) is 21.2 Å². The molecular formula is C22H30N6O2S. The van der Waals surface area contributed by atoms with Crippen LogP contribution in [0, 0.1) is 13.3 Å². The van der Waals surface area contributed by atoms with Gasteiger partial charge in [-0.2, -0.15) is 11.8 Å². The van der Waals surface area contributed by atoms with E-state index in [0.717, 1.165) is 34.4 Å². The molecule has 3 rings (SSSR count). The summed E-state index contributed by atoms with van der Waals surface area (Å²) in [7, 11) is 0. The van der Waals surface area contributed by atoms with Crippen molar-refractivity contribution >= 4 is 45.4 Å². The molecular weight excluding hydrogens is 412 g/mol. The number of nitrogens with two attached hydrogens (primary N) is 2. The lowest BCUT2D eigenvalue weighted by atomic mass is 10.2. The Bertz CT molecular complexity index is 1020. The van der Waals surface area contributed by atoms with Gasteiger partial charge in [-0.15, -0.1) is 0 Å². The van der Waals surface area contributed by atoms with E-state index in [9.17, 15) is 4.79 Å². The minimum absolute atomic E-state index is 0.138. The van der Waals surface area contributed by atoms with Crippen LogP contribution < -0.4 is 16.8 Å². The average Bonchev–Trinajstić information content (AvgIpc) is 3.14. The fraction of sp³-hybridized carbons (Fsp3) is 0.409. The number of para-hydroxylation sites is 1. The molecule has 31 heavy (non-hydrogen) atoms. The summed E-state index contributed by atoms with van der Waals surface area (Å²) in [5.41, 5.74) is 14.6. The summed E-state index contributed by atoms with van der Waals surface area (Å²) in [6, 6.07) is 7.35. The van der Waals surface area contributed by atoms with Crippen LogP contribution in [0.5, 0.6) is 0 Å². The predicted octanol–water partition coefficient (Wildman–Crippen LogP) is 2.31. The van der Waals surface area contributed by atoms with Crippen LogP contribution in [0.15, 0.2) is 24.3 Å². The number of anilines is 1. The molecule has 0 saturated heterocycles. The number of hydrogen-bond acceptors (Lipinski definition) is 7. The van der Waals surface area contributed by atoms with Gasteiger partial charge in [0.1, 0.15) is 17.9 Å². The molecule has 0 aliphatic heterocycles. The normalized spacial score (nSPS) is 12.5. The van der Waals surface area contributed by atoms with E-state index in [2.05, 4.69) is 21.8 Å². The second-order valence-electron chi connectivity index (χ2n) is 7.11. The molecule has 5 N–H and O–H groups in total. The minimum Gasteiger partial charge on any atom is -0.382 e. The zero-order valence-electron chi connectivity index (χ0n) is 17.8. The Balaban J connectivity index is 1.75. The molecule has 1 atom stereocenters. The van der Waals surface area contributed by atoms with Gasteiger partial charge in [0.05, 0.1) is 17.1 Å². The van der Waals surface area contributed by atoms with Gasteiger partial charge in [-0.05, 0) is 38.5 Å². The van der Waals surface area contributed by atoms with Crippen LogP contribution in [-0.2, 0) is 22.7 Å². The Kier molecular flexibility index (Phi) is 8.51. The molecule has 0 spiro atoms. The highest BCUT2D eigenvalue weighted by Gasteiger charge is 2.17. The van der Waals surface area contributed by atoms with Crippen LogP contribution >= 0.6 is 11.8 Å². The van der Waals surface area contributed by atoms with Gasteiger partial charge >= 0.3 is 0 Å². The van der Waals surface area contributed by atoms with Gasteiger partial charge in [-0.3, -0.25) is 4.79 Å². The molecule has 0 aliphatic rings. The van der Waals surface area contributed by atoms with E-state index < -0.39 is 6.04 Å². The second-order valence-corrected chi connectivity index (χ2v) is 8.18. The van der Waals surface area contributed by atoms with Crippen molar-refractivity contribution in [3.8, 4) is 0 Å². The minimum atomic E-state index is -0.526. The number of nitrogens with zero attached hydrogens (tertiary/aromatic N) is 3. The van der Waals surface area contributed by atoms with Gasteiger partial charge in [0.15, 0.2) is 5.82 Å². The van der Waals surface area contributed by atoms with Crippen molar-refractivity contribution in [1.82, 2.24) is 19.9 Å². The molecule has 8 nitrogen and oxygen atoms in total. The van der Waals surface area contributed by atoms with Crippen LogP contribution in [0.25, 0.3) is 21.9 Å². The van der Waals surface area contributed by atoms with Crippen molar-refractivity contribution in [2.24, 2.45) is 5.73 Å². The number of amides is 1. The van der Waals surface area contributed by atoms with E-state index in [1.807, 2.05) is 31.2 Å². The van der Waals surface area contributed by atoms with Crippen molar-refractivity contribution in [3.63, 3.8) is 0 Å². The molecule has 0 saturated carbocycles. The number of carbonyl (C=O) groups is 1. The SMILES string of the molecule is [CH2][CH]CSC[C@H](N)C(=O)NCCCn1c(COCC)nc2c(N)nc3ccccc3c21. The summed E-state index contributed by atoms with van der Waals surface area (Å²) in [4.78, 5) is 21.4. The van der Waals surface area contributed by atoms with Gasteiger partial charge in [-0.25, -0.2) is 9.97 Å². The maximum atomic E-state index is 12.2. The highest BCUT2D eigenvalue weighted by atomic mass is 32.2. The van der Waals surface area contributed by atoms with Crippen molar-refractivity contribution in [2.75, 3.05) is 30.4 Å². The maximum absolute atomic E-state index is 12.2. The molecule has 1 aromatic carbocycles. The molecule has 2 heterocycles. The molecule has 0 unspecified atom stereocenters. The number of pyridine rings is 1. The number of nitrogen functional groups attached to an aromatic ring is 1. The van der Waals surface area contributed by atoms with Gasteiger partial charge in [0.25, 0.3) is 0 Å². The molecule has 2 radical (unpaired) electrons. The number of ether oxygens (including phenoxy) is 1. The van der Waals surface area contributed by atoms with Crippen molar-refractivity contribution in [3.05, 3.63) is 43.4 Å². The summed E-state index contributed by atoms with van der Waals surface area (Å²) in [6.45, 7) is 7.77. The summed E-state index contributed by atoms with van der Waals surface area (Å²) < 4.78 is 7.75. The van der Waals surface area contributed by atoms with Crippen LogP contribution in [0.4, 0.5) is 5.82 Å². The summed E-state index contributed by atoms with van der Waals surface area (Å²) in [5, 5.41) is 3.92. The Morgan fingerprint density at radius 2 is 2.19 bits per heavy atom. The number of thioether (sulfide) groups is 1. The predicted molar refractivity (Wildman–Crippen MR) is 127 cm³/mol. The Labute approximate surface area is 187 Å². The summed E-state index contributed by atoms with van der Waals surface area (Å²) >= 11 is 1.59. The first-order valence-corrected chi connectivity index (χ1v) is 11.5. The average molecular weight is 443 g/mol. The zero-order valence-corrected chi connectivity index (χ0v) is 18.7. The number of nitrogens with one attached hydrogen (secondary N) is 1. The molecule has 9 heteroatoms. The largest absolute Gasteiger partial charge is 0.382 e. The number of fused-ring (bicyclic) bond motifs is 3. The lowest BCUT2D eigenvalue weighted by molar-refractivity contribution is -0.121. The summed E-state index contributed by atoms with van der Waals surface area (Å²) in [6.07, 6.45) is 2.52. The molecule has 166 valence electrons. The maximum Gasteiger partial charge on any atom is 0.237 e. The quantitative estimate of drug-likeness (QED) is 0.368. The number of imidazole rings is 1. The van der Waals surface area contributed by atoms with Gasteiger partial charge in [-0.1, -0.05) is 18.2 Å². The van der Waals surface area contributed by atoms with Crippen LogP contribution in [0.1, 0.15) is 19.2 Å². The molecule has 2 aromatic heterocycles. The van der Waals surface area contributed by atoms with E-state index in [-0.39, 0.29) is 5.91 Å². The first-order chi connectivity index (χ1) is 15.1. The lowest BCUT2D eigenvalue weighted by Crippen LogP contribution is -2.42. The number of hydrogen-bond donors (Lipinski definition) is 3. The first-order valence-electron chi connectivity index (χ1n) is 10.4. The number of aromatic nitrogens is 3. The standard InChI is InChI=1S/C22H30N6O2S/c1-3-12-31-14-16(23)22(29)25-10-7-11-28-18(13-30-4-2)27-19-20(28)15-8-5-6-9-17(15)26-21(19)24/h3,5-6,8-9,16H,1,4,7,10-14,23H2,2H3,(H2,24,26)(H,25,29)/t16-/m0/s1. The van der Waals surface area contributed by atoms with Crippen molar-refractivity contribution in [1.29, 1.82) is 0 Å². The van der Waals surface area contributed by atoms with Crippen LogP contribution in [0.2, 0.25) is 0 Å². The van der Waals surface area contributed by atoms with Crippen LogP contribution in [0.3, 0.4) is 0 Å². The third-order valence-electron chi connectivity index (χ3n) is 4.85. The highest BCUT2D eigenvalue weighted by Crippen LogP contribution is 2.29. The number of carbonyl (C=O) groups excluding carboxylic acids is 1. The van der Waals surface area contributed by atoms with Crippen molar-refractivity contribution in [2.45, 2.75) is 32.5 Å². The van der Waals surface area contributed by atoms with E-state index >= 15 is 0 Å². The number of rotatable bonds is 12. The molecule has 0 fully saturated rings. The Morgan fingerprint density at radius 1 is 1.39 bits per heavy atom. The first kappa shape index (κ1) is 23.3. The monoisotopic (exact) mass is 442 g/mol. The number of aryl methyl sites for hydroxylation is 1. The van der Waals surface area contributed by atoms with E-state index in [1.165, 1.54) is 0 Å². The highest BCUT2D eigenvalue weighted by molar-refractivity contribution is 7.99. The number of benzene rings is 1. The third-order valence-corrected chi connectivity index (χ3v) is 5.92. The second kappa shape index (κ2) is 11.3. The van der Waals surface area contributed by atoms with E-state index in [1.54, 1.807) is 18.2 Å². The lowest BCUT2D eigenvalue weighted by Gasteiger charge is -2.13. The van der Waals surface area contributed by atoms with Gasteiger partial charge in [0, 0.05) is 30.8 Å². The fourth-order valence-electron chi connectivity index (χ4n) is 3.38. The molecule has 0 bridgehead atoms. The zero-order chi connectivity index (χ0) is 22.2. The Morgan fingerprint density at radius 3 is 2.97 bits per heavy atom. The van der Waals surface area contributed by atoms with Crippen LogP contribution in [-0.4, -0.2) is 51.1 Å². The Hall–Kier alpha value is -2.36. The third kappa shape index (κ3) is 5.66. The van der Waals surface area contributed by atoms with Crippen molar-refractivity contribution < 1.29 is 9.53 Å². The van der Waals surface area contributed by atoms with Gasteiger partial charge in [0.2, 0.25) is 5.91 Å². The van der Waals surface area contributed by atoms with E-state index in [0.29, 0.717) is 43.4 Å². The molecule has 0 aliphatic carbocycles. The van der Waals surface area contributed by atoms with Gasteiger partial charge < -0.3 is 26.1 Å². The fourth-order valence-corrected chi connectivity index (χ4v) is 4.09. The summed E-state index contributed by atoms with van der Waals surface area (Å²) in [5.74, 6) is 2.41. The smallest absolute Gasteiger partial charge is 0.237 e. The topological polar surface area (TPSA) is 121 Å².